The van der Waals surface area contributed by atoms with Gasteiger partial charge in [-0.2, -0.15) is 0 Å². The van der Waals surface area contributed by atoms with Crippen molar-refractivity contribution in [3.05, 3.63) is 15.4 Å². The molecule has 0 aliphatic carbocycles. The highest BCUT2D eigenvalue weighted by molar-refractivity contribution is 9.11. The third-order valence-electron chi connectivity index (χ3n) is 2.23. The molecule has 0 spiro atoms. The van der Waals surface area contributed by atoms with E-state index in [2.05, 4.69) is 27.3 Å². The number of hydrogen-bond donors (Lipinski definition) is 2. The number of anilines is 1. The standard InChI is InChI=1S/C8H11BrN2S/c9-8-6(3-7(10)12-8)5-1-2-11-4-5/h3,5,11H,1-2,4,10H2. The van der Waals surface area contributed by atoms with Gasteiger partial charge >= 0.3 is 0 Å². The van der Waals surface area contributed by atoms with Gasteiger partial charge in [0.05, 0.1) is 8.79 Å². The van der Waals surface area contributed by atoms with Gasteiger partial charge in [0.25, 0.3) is 0 Å². The van der Waals surface area contributed by atoms with Gasteiger partial charge in [-0.15, -0.1) is 11.3 Å². The summed E-state index contributed by atoms with van der Waals surface area (Å²) in [7, 11) is 0. The molecule has 2 heterocycles. The number of halogens is 1. The first-order chi connectivity index (χ1) is 5.77. The number of thiophene rings is 1. The molecule has 4 heteroatoms. The fraction of sp³-hybridized carbons (Fsp3) is 0.500. The van der Waals surface area contributed by atoms with Crippen molar-refractivity contribution in [1.82, 2.24) is 5.32 Å². The molecule has 0 bridgehead atoms. The molecule has 0 radical (unpaired) electrons. The molecule has 1 fully saturated rings. The van der Waals surface area contributed by atoms with Gasteiger partial charge in [0, 0.05) is 6.54 Å². The fourth-order valence-corrected chi connectivity index (χ4v) is 3.34. The zero-order valence-electron chi connectivity index (χ0n) is 6.64. The summed E-state index contributed by atoms with van der Waals surface area (Å²) >= 11 is 5.16. The van der Waals surface area contributed by atoms with Gasteiger partial charge in [0.2, 0.25) is 0 Å². The van der Waals surface area contributed by atoms with E-state index in [0.717, 1.165) is 18.1 Å². The monoisotopic (exact) mass is 246 g/mol. The second-order valence-electron chi connectivity index (χ2n) is 3.07. The Labute approximate surface area is 84.3 Å². The fourth-order valence-electron chi connectivity index (χ4n) is 1.60. The van der Waals surface area contributed by atoms with Gasteiger partial charge < -0.3 is 11.1 Å². The van der Waals surface area contributed by atoms with Crippen molar-refractivity contribution >= 4 is 32.3 Å². The van der Waals surface area contributed by atoms with E-state index >= 15 is 0 Å². The maximum absolute atomic E-state index is 5.72. The normalized spacial score (nSPS) is 23.2. The molecule has 1 aromatic heterocycles. The van der Waals surface area contributed by atoms with Crippen LogP contribution in [0.15, 0.2) is 9.85 Å². The third-order valence-corrected chi connectivity index (χ3v) is 3.94. The van der Waals surface area contributed by atoms with Crippen LogP contribution in [0.1, 0.15) is 17.9 Å². The van der Waals surface area contributed by atoms with E-state index in [-0.39, 0.29) is 0 Å². The summed E-state index contributed by atoms with van der Waals surface area (Å²) in [5.74, 6) is 0.660. The Morgan fingerprint density at radius 3 is 3.00 bits per heavy atom. The first-order valence-electron chi connectivity index (χ1n) is 4.03. The lowest BCUT2D eigenvalue weighted by atomic mass is 10.0. The second-order valence-corrected chi connectivity index (χ2v) is 5.47. The number of nitrogens with two attached hydrogens (primary N) is 1. The number of hydrogen-bond acceptors (Lipinski definition) is 3. The zero-order chi connectivity index (χ0) is 8.55. The van der Waals surface area contributed by atoms with Crippen molar-refractivity contribution < 1.29 is 0 Å². The molecule has 66 valence electrons. The van der Waals surface area contributed by atoms with Crippen molar-refractivity contribution in [2.45, 2.75) is 12.3 Å². The van der Waals surface area contributed by atoms with E-state index in [1.807, 2.05) is 0 Å². The average Bonchev–Trinajstić information content (AvgIpc) is 2.58. The second kappa shape index (κ2) is 3.36. The molecule has 2 rings (SSSR count). The molecule has 1 aliphatic heterocycles. The molecule has 0 saturated carbocycles. The van der Waals surface area contributed by atoms with Crippen LogP contribution in [0.2, 0.25) is 0 Å². The Hall–Kier alpha value is -0.0600. The van der Waals surface area contributed by atoms with E-state index < -0.39 is 0 Å². The van der Waals surface area contributed by atoms with Crippen LogP contribution >= 0.6 is 27.3 Å². The van der Waals surface area contributed by atoms with Gasteiger partial charge in [-0.1, -0.05) is 0 Å². The minimum absolute atomic E-state index is 0.660. The number of rotatable bonds is 1. The zero-order valence-corrected chi connectivity index (χ0v) is 9.04. The van der Waals surface area contributed by atoms with Crippen LogP contribution in [-0.4, -0.2) is 13.1 Å². The first-order valence-corrected chi connectivity index (χ1v) is 5.64. The van der Waals surface area contributed by atoms with Crippen LogP contribution < -0.4 is 11.1 Å². The van der Waals surface area contributed by atoms with Crippen LogP contribution in [0.3, 0.4) is 0 Å². The van der Waals surface area contributed by atoms with Gasteiger partial charge in [-0.05, 0) is 46.4 Å². The molecule has 1 aliphatic rings. The van der Waals surface area contributed by atoms with Crippen LogP contribution in [-0.2, 0) is 0 Å². The van der Waals surface area contributed by atoms with Crippen LogP contribution in [0.4, 0.5) is 5.00 Å². The molecule has 1 saturated heterocycles. The molecule has 1 atom stereocenters. The molecular formula is C8H11BrN2S. The lowest BCUT2D eigenvalue weighted by Crippen LogP contribution is -2.07. The van der Waals surface area contributed by atoms with Gasteiger partial charge in [-0.3, -0.25) is 0 Å². The molecule has 2 nitrogen and oxygen atoms in total. The maximum atomic E-state index is 5.72. The topological polar surface area (TPSA) is 38.0 Å². The van der Waals surface area contributed by atoms with Crippen LogP contribution in [0, 0.1) is 0 Å². The summed E-state index contributed by atoms with van der Waals surface area (Å²) in [6.07, 6.45) is 1.23. The van der Waals surface area contributed by atoms with Crippen molar-refractivity contribution in [3.8, 4) is 0 Å². The Balaban J connectivity index is 2.25. The highest BCUT2D eigenvalue weighted by Crippen LogP contribution is 2.36. The minimum Gasteiger partial charge on any atom is -0.391 e. The average molecular weight is 247 g/mol. The van der Waals surface area contributed by atoms with E-state index in [1.165, 1.54) is 15.8 Å². The third kappa shape index (κ3) is 1.51. The summed E-state index contributed by atoms with van der Waals surface area (Å²) in [6.45, 7) is 2.22. The lowest BCUT2D eigenvalue weighted by Gasteiger charge is -2.05. The smallest absolute Gasteiger partial charge is 0.0871 e. The lowest BCUT2D eigenvalue weighted by molar-refractivity contribution is 0.764. The molecule has 0 amide bonds. The number of nitrogens with one attached hydrogen (secondary N) is 1. The molecule has 0 aromatic carbocycles. The van der Waals surface area contributed by atoms with E-state index in [4.69, 9.17) is 5.73 Å². The van der Waals surface area contributed by atoms with Crippen molar-refractivity contribution in [2.75, 3.05) is 18.8 Å². The molecule has 3 N–H and O–H groups in total. The summed E-state index contributed by atoms with van der Waals surface area (Å²) < 4.78 is 1.20. The Kier molecular flexibility index (Phi) is 2.39. The summed E-state index contributed by atoms with van der Waals surface area (Å²) in [5, 5.41) is 4.26. The van der Waals surface area contributed by atoms with Crippen molar-refractivity contribution in [2.24, 2.45) is 0 Å². The summed E-state index contributed by atoms with van der Waals surface area (Å²) in [5.41, 5.74) is 7.09. The van der Waals surface area contributed by atoms with Gasteiger partial charge in [0.1, 0.15) is 0 Å². The Morgan fingerprint density at radius 2 is 2.50 bits per heavy atom. The molecule has 12 heavy (non-hydrogen) atoms. The van der Waals surface area contributed by atoms with E-state index in [0.29, 0.717) is 5.92 Å². The first kappa shape index (κ1) is 8.53. The van der Waals surface area contributed by atoms with Gasteiger partial charge in [-0.25, -0.2) is 0 Å². The molecular weight excluding hydrogens is 236 g/mol. The van der Waals surface area contributed by atoms with Crippen LogP contribution in [0.25, 0.3) is 0 Å². The van der Waals surface area contributed by atoms with E-state index in [1.54, 1.807) is 11.3 Å². The minimum atomic E-state index is 0.660. The quantitative estimate of drug-likeness (QED) is 0.798. The predicted molar refractivity (Wildman–Crippen MR) is 56.7 cm³/mol. The van der Waals surface area contributed by atoms with Crippen molar-refractivity contribution in [1.29, 1.82) is 0 Å². The largest absolute Gasteiger partial charge is 0.391 e. The van der Waals surface area contributed by atoms with Crippen LogP contribution in [0.5, 0.6) is 0 Å². The predicted octanol–water partition coefficient (Wildman–Crippen LogP) is 2.17. The maximum Gasteiger partial charge on any atom is 0.0871 e. The highest BCUT2D eigenvalue weighted by atomic mass is 79.9. The molecule has 1 unspecified atom stereocenters. The Morgan fingerprint density at radius 1 is 1.67 bits per heavy atom. The van der Waals surface area contributed by atoms with Crippen molar-refractivity contribution in [3.63, 3.8) is 0 Å². The number of nitrogen functional groups attached to an aromatic ring is 1. The molecule has 1 aromatic rings. The highest BCUT2D eigenvalue weighted by Gasteiger charge is 2.20. The SMILES string of the molecule is Nc1cc(C2CCNC2)c(Br)s1. The Bertz CT molecular complexity index is 279. The van der Waals surface area contributed by atoms with Gasteiger partial charge in [0.15, 0.2) is 0 Å². The summed E-state index contributed by atoms with van der Waals surface area (Å²) in [6, 6.07) is 2.09. The summed E-state index contributed by atoms with van der Waals surface area (Å²) in [4.78, 5) is 0. The van der Waals surface area contributed by atoms with E-state index in [9.17, 15) is 0 Å².